The fourth-order valence-corrected chi connectivity index (χ4v) is 2.70. The van der Waals surface area contributed by atoms with Crippen molar-refractivity contribution < 1.29 is 9.47 Å². The van der Waals surface area contributed by atoms with E-state index in [1.165, 1.54) is 31.2 Å². The number of hydrogen-bond donors (Lipinski definition) is 1. The van der Waals surface area contributed by atoms with Crippen LogP contribution in [0.4, 0.5) is 0 Å². The average molecular weight is 277 g/mol. The summed E-state index contributed by atoms with van der Waals surface area (Å²) in [6.07, 6.45) is 5.24. The quantitative estimate of drug-likeness (QED) is 0.858. The van der Waals surface area contributed by atoms with Gasteiger partial charge in [0.25, 0.3) is 0 Å². The van der Waals surface area contributed by atoms with Gasteiger partial charge in [-0.25, -0.2) is 0 Å². The molecule has 3 nitrogen and oxygen atoms in total. The van der Waals surface area contributed by atoms with Gasteiger partial charge in [-0.05, 0) is 44.2 Å². The van der Waals surface area contributed by atoms with Gasteiger partial charge in [-0.2, -0.15) is 0 Å². The van der Waals surface area contributed by atoms with Crippen LogP contribution in [-0.4, -0.2) is 19.8 Å². The second-order valence-electron chi connectivity index (χ2n) is 5.75. The summed E-state index contributed by atoms with van der Waals surface area (Å²) in [5.74, 6) is 2.69. The standard InChI is InChI=1S/C17H27NO2/c1-4-18-12-14-7-10-16(19-3)11-17(14)20-15-8-5-13(2)6-9-15/h7,10-11,13,15,18H,4-6,8-9,12H2,1-3H3. The average Bonchev–Trinajstić information content (AvgIpc) is 2.48. The molecule has 1 N–H and O–H groups in total. The molecule has 3 heteroatoms. The Hall–Kier alpha value is -1.22. The fraction of sp³-hybridized carbons (Fsp3) is 0.647. The molecule has 2 rings (SSSR count). The van der Waals surface area contributed by atoms with Gasteiger partial charge >= 0.3 is 0 Å². The Kier molecular flexibility index (Phi) is 5.72. The molecule has 0 heterocycles. The van der Waals surface area contributed by atoms with Crippen molar-refractivity contribution in [1.29, 1.82) is 0 Å². The highest BCUT2D eigenvalue weighted by atomic mass is 16.5. The normalized spacial score (nSPS) is 22.6. The molecule has 112 valence electrons. The first-order chi connectivity index (χ1) is 9.72. The molecule has 0 amide bonds. The Morgan fingerprint density at radius 3 is 2.60 bits per heavy atom. The number of hydrogen-bond acceptors (Lipinski definition) is 3. The molecular formula is C17H27NO2. The van der Waals surface area contributed by atoms with Crippen LogP contribution in [0.5, 0.6) is 11.5 Å². The molecule has 1 saturated carbocycles. The molecule has 0 atom stereocenters. The minimum absolute atomic E-state index is 0.360. The second kappa shape index (κ2) is 7.53. The molecular weight excluding hydrogens is 250 g/mol. The second-order valence-corrected chi connectivity index (χ2v) is 5.75. The number of nitrogens with one attached hydrogen (secondary N) is 1. The minimum Gasteiger partial charge on any atom is -0.497 e. The van der Waals surface area contributed by atoms with Gasteiger partial charge in [0.2, 0.25) is 0 Å². The molecule has 0 spiro atoms. The third-order valence-corrected chi connectivity index (χ3v) is 4.10. The fourth-order valence-electron chi connectivity index (χ4n) is 2.70. The Morgan fingerprint density at radius 1 is 1.20 bits per heavy atom. The third kappa shape index (κ3) is 4.14. The predicted octanol–water partition coefficient (Wildman–Crippen LogP) is 3.76. The Bertz CT molecular complexity index is 411. The third-order valence-electron chi connectivity index (χ3n) is 4.10. The summed E-state index contributed by atoms with van der Waals surface area (Å²) in [5.41, 5.74) is 1.21. The molecule has 0 unspecified atom stereocenters. The summed E-state index contributed by atoms with van der Waals surface area (Å²) < 4.78 is 11.6. The number of methoxy groups -OCH3 is 1. The van der Waals surface area contributed by atoms with E-state index in [4.69, 9.17) is 9.47 Å². The molecule has 0 radical (unpaired) electrons. The summed E-state index contributed by atoms with van der Waals surface area (Å²) >= 11 is 0. The van der Waals surface area contributed by atoms with Crippen LogP contribution < -0.4 is 14.8 Å². The zero-order valence-electron chi connectivity index (χ0n) is 12.9. The van der Waals surface area contributed by atoms with Gasteiger partial charge in [-0.3, -0.25) is 0 Å². The lowest BCUT2D eigenvalue weighted by Gasteiger charge is -2.28. The Morgan fingerprint density at radius 2 is 1.95 bits per heavy atom. The highest BCUT2D eigenvalue weighted by Crippen LogP contribution is 2.31. The first-order valence-electron chi connectivity index (χ1n) is 7.77. The van der Waals surface area contributed by atoms with Crippen LogP contribution in [0.15, 0.2) is 18.2 Å². The molecule has 1 fully saturated rings. The van der Waals surface area contributed by atoms with Gasteiger partial charge in [0.1, 0.15) is 11.5 Å². The molecule has 0 aliphatic heterocycles. The van der Waals surface area contributed by atoms with E-state index in [-0.39, 0.29) is 0 Å². The lowest BCUT2D eigenvalue weighted by molar-refractivity contribution is 0.134. The summed E-state index contributed by atoms with van der Waals surface area (Å²) in [5, 5.41) is 3.37. The van der Waals surface area contributed by atoms with Crippen LogP contribution in [0, 0.1) is 5.92 Å². The van der Waals surface area contributed by atoms with Crippen molar-refractivity contribution >= 4 is 0 Å². The number of benzene rings is 1. The molecule has 1 aliphatic rings. The zero-order chi connectivity index (χ0) is 14.4. The van der Waals surface area contributed by atoms with Gasteiger partial charge in [-0.1, -0.05) is 19.9 Å². The molecule has 20 heavy (non-hydrogen) atoms. The SMILES string of the molecule is CCNCc1ccc(OC)cc1OC1CCC(C)CC1. The highest BCUT2D eigenvalue weighted by Gasteiger charge is 2.20. The van der Waals surface area contributed by atoms with Gasteiger partial charge in [-0.15, -0.1) is 0 Å². The van der Waals surface area contributed by atoms with Crippen molar-refractivity contribution in [2.45, 2.75) is 52.2 Å². The number of ether oxygens (including phenoxy) is 2. The van der Waals surface area contributed by atoms with Crippen molar-refractivity contribution in [2.24, 2.45) is 5.92 Å². The van der Waals surface area contributed by atoms with Gasteiger partial charge in [0.05, 0.1) is 13.2 Å². The lowest BCUT2D eigenvalue weighted by atomic mass is 9.89. The zero-order valence-corrected chi connectivity index (χ0v) is 12.9. The smallest absolute Gasteiger partial charge is 0.127 e. The van der Waals surface area contributed by atoms with E-state index in [0.717, 1.165) is 30.5 Å². The van der Waals surface area contributed by atoms with E-state index < -0.39 is 0 Å². The molecule has 1 aromatic carbocycles. The first kappa shape index (κ1) is 15.2. The molecule has 1 aliphatic carbocycles. The maximum Gasteiger partial charge on any atom is 0.127 e. The van der Waals surface area contributed by atoms with Gasteiger partial charge in [0, 0.05) is 18.2 Å². The van der Waals surface area contributed by atoms with Crippen LogP contribution in [0.2, 0.25) is 0 Å². The largest absolute Gasteiger partial charge is 0.497 e. The summed E-state index contributed by atoms with van der Waals surface area (Å²) in [4.78, 5) is 0. The Labute approximate surface area is 122 Å². The van der Waals surface area contributed by atoms with Gasteiger partial charge in [0.15, 0.2) is 0 Å². The van der Waals surface area contributed by atoms with E-state index in [2.05, 4.69) is 25.2 Å². The van der Waals surface area contributed by atoms with Crippen LogP contribution in [0.25, 0.3) is 0 Å². The van der Waals surface area contributed by atoms with Gasteiger partial charge < -0.3 is 14.8 Å². The topological polar surface area (TPSA) is 30.5 Å². The maximum atomic E-state index is 6.25. The summed E-state index contributed by atoms with van der Waals surface area (Å²) in [6, 6.07) is 6.12. The van der Waals surface area contributed by atoms with E-state index in [9.17, 15) is 0 Å². The molecule has 0 saturated heterocycles. The van der Waals surface area contributed by atoms with Crippen LogP contribution in [0.1, 0.15) is 45.1 Å². The molecule has 0 bridgehead atoms. The van der Waals surface area contributed by atoms with Crippen molar-refractivity contribution in [2.75, 3.05) is 13.7 Å². The molecule has 1 aromatic rings. The van der Waals surface area contributed by atoms with E-state index >= 15 is 0 Å². The van der Waals surface area contributed by atoms with Crippen molar-refractivity contribution in [1.82, 2.24) is 5.32 Å². The summed E-state index contributed by atoms with van der Waals surface area (Å²) in [7, 11) is 1.70. The number of rotatable bonds is 6. The Balaban J connectivity index is 2.06. The van der Waals surface area contributed by atoms with Crippen molar-refractivity contribution in [3.8, 4) is 11.5 Å². The van der Waals surface area contributed by atoms with Crippen LogP contribution >= 0.6 is 0 Å². The molecule has 0 aromatic heterocycles. The summed E-state index contributed by atoms with van der Waals surface area (Å²) in [6.45, 7) is 6.26. The van der Waals surface area contributed by atoms with E-state index in [1.807, 2.05) is 12.1 Å². The van der Waals surface area contributed by atoms with Crippen LogP contribution in [-0.2, 0) is 6.54 Å². The van der Waals surface area contributed by atoms with Crippen LogP contribution in [0.3, 0.4) is 0 Å². The maximum absolute atomic E-state index is 6.25. The monoisotopic (exact) mass is 277 g/mol. The van der Waals surface area contributed by atoms with E-state index in [0.29, 0.717) is 6.10 Å². The van der Waals surface area contributed by atoms with E-state index in [1.54, 1.807) is 7.11 Å². The first-order valence-corrected chi connectivity index (χ1v) is 7.77. The highest BCUT2D eigenvalue weighted by molar-refractivity contribution is 5.41. The lowest BCUT2D eigenvalue weighted by Crippen LogP contribution is -2.24. The predicted molar refractivity (Wildman–Crippen MR) is 82.4 cm³/mol. The minimum atomic E-state index is 0.360. The van der Waals surface area contributed by atoms with Crippen molar-refractivity contribution in [3.05, 3.63) is 23.8 Å². The van der Waals surface area contributed by atoms with Crippen molar-refractivity contribution in [3.63, 3.8) is 0 Å².